The lowest BCUT2D eigenvalue weighted by molar-refractivity contribution is -0.143. The Bertz CT molecular complexity index is 465. The molecule has 0 saturated carbocycles. The zero-order chi connectivity index (χ0) is 14.3. The molecular formula is C13H15BrFNO3. The Morgan fingerprint density at radius 3 is 2.79 bits per heavy atom. The van der Waals surface area contributed by atoms with E-state index in [0.717, 1.165) is 0 Å². The van der Waals surface area contributed by atoms with Crippen LogP contribution in [0.3, 0.4) is 0 Å². The standard InChI is InChI=1S/C13H15BrFNO3/c1-2-19-12(17)4-3-7-16-13(18)10-6-5-9(14)8-11(10)15/h5-6,8H,2-4,7H2,1H3,(H,16,18). The first-order valence-electron chi connectivity index (χ1n) is 5.93. The number of hydrogen-bond acceptors (Lipinski definition) is 3. The van der Waals surface area contributed by atoms with Gasteiger partial charge >= 0.3 is 5.97 Å². The summed E-state index contributed by atoms with van der Waals surface area (Å²) in [5.41, 5.74) is -0.0145. The van der Waals surface area contributed by atoms with E-state index in [0.29, 0.717) is 24.0 Å². The van der Waals surface area contributed by atoms with Gasteiger partial charge in [0.05, 0.1) is 12.2 Å². The Labute approximate surface area is 119 Å². The van der Waals surface area contributed by atoms with E-state index in [2.05, 4.69) is 21.2 Å². The molecule has 0 aliphatic carbocycles. The molecule has 0 aliphatic rings. The van der Waals surface area contributed by atoms with E-state index in [1.807, 2.05) is 0 Å². The molecule has 0 fully saturated rings. The summed E-state index contributed by atoms with van der Waals surface area (Å²) in [6.07, 6.45) is 0.694. The van der Waals surface area contributed by atoms with Crippen LogP contribution in [0.1, 0.15) is 30.1 Å². The van der Waals surface area contributed by atoms with Crippen LogP contribution in [0.4, 0.5) is 4.39 Å². The lowest BCUT2D eigenvalue weighted by Gasteiger charge is -2.06. The van der Waals surface area contributed by atoms with Crippen LogP contribution in [0, 0.1) is 5.82 Å². The summed E-state index contributed by atoms with van der Waals surface area (Å²) in [4.78, 5) is 22.7. The number of ether oxygens (including phenoxy) is 1. The van der Waals surface area contributed by atoms with Crippen LogP contribution >= 0.6 is 15.9 Å². The molecule has 0 aliphatic heterocycles. The first kappa shape index (κ1) is 15.6. The predicted molar refractivity (Wildman–Crippen MR) is 72.3 cm³/mol. The van der Waals surface area contributed by atoms with Gasteiger partial charge in [0.15, 0.2) is 0 Å². The van der Waals surface area contributed by atoms with Gasteiger partial charge in [-0.2, -0.15) is 0 Å². The van der Waals surface area contributed by atoms with Gasteiger partial charge in [-0.05, 0) is 31.5 Å². The summed E-state index contributed by atoms with van der Waals surface area (Å²) < 4.78 is 18.8. The fourth-order valence-electron chi connectivity index (χ4n) is 1.44. The molecule has 0 heterocycles. The van der Waals surface area contributed by atoms with E-state index in [-0.39, 0.29) is 18.0 Å². The van der Waals surface area contributed by atoms with Gasteiger partial charge in [-0.3, -0.25) is 9.59 Å². The first-order chi connectivity index (χ1) is 9.04. The van der Waals surface area contributed by atoms with Crippen molar-refractivity contribution in [2.75, 3.05) is 13.2 Å². The van der Waals surface area contributed by atoms with Crippen LogP contribution in [0.25, 0.3) is 0 Å². The molecule has 1 amide bonds. The van der Waals surface area contributed by atoms with Gasteiger partial charge in [-0.15, -0.1) is 0 Å². The lowest BCUT2D eigenvalue weighted by Crippen LogP contribution is -2.26. The highest BCUT2D eigenvalue weighted by Crippen LogP contribution is 2.15. The summed E-state index contributed by atoms with van der Waals surface area (Å²) in [5, 5.41) is 2.55. The molecule has 0 spiro atoms. The van der Waals surface area contributed by atoms with E-state index in [9.17, 15) is 14.0 Å². The smallest absolute Gasteiger partial charge is 0.305 e. The fourth-order valence-corrected chi connectivity index (χ4v) is 1.77. The van der Waals surface area contributed by atoms with Gasteiger partial charge in [0, 0.05) is 17.4 Å². The maximum absolute atomic E-state index is 13.5. The number of hydrogen-bond donors (Lipinski definition) is 1. The van der Waals surface area contributed by atoms with E-state index in [1.165, 1.54) is 12.1 Å². The summed E-state index contributed by atoms with van der Waals surface area (Å²) in [6.45, 7) is 2.37. The SMILES string of the molecule is CCOC(=O)CCCNC(=O)c1ccc(Br)cc1F. The summed E-state index contributed by atoms with van der Waals surface area (Å²) in [6, 6.07) is 4.23. The van der Waals surface area contributed by atoms with E-state index < -0.39 is 11.7 Å². The summed E-state index contributed by atoms with van der Waals surface area (Å²) >= 11 is 3.12. The number of rotatable bonds is 6. The molecule has 6 heteroatoms. The number of nitrogens with one attached hydrogen (secondary N) is 1. The summed E-state index contributed by atoms with van der Waals surface area (Å²) in [5.74, 6) is -1.38. The molecule has 0 unspecified atom stereocenters. The zero-order valence-electron chi connectivity index (χ0n) is 10.5. The van der Waals surface area contributed by atoms with Crippen molar-refractivity contribution in [3.8, 4) is 0 Å². The molecule has 4 nitrogen and oxygen atoms in total. The van der Waals surface area contributed by atoms with Crippen molar-refractivity contribution in [1.82, 2.24) is 5.32 Å². The normalized spacial score (nSPS) is 10.1. The molecule has 1 aromatic carbocycles. The Kier molecular flexibility index (Phi) is 6.49. The average Bonchev–Trinajstić information content (AvgIpc) is 2.34. The second kappa shape index (κ2) is 7.89. The minimum absolute atomic E-state index is 0.0145. The van der Waals surface area contributed by atoms with Crippen LogP contribution in [-0.4, -0.2) is 25.0 Å². The van der Waals surface area contributed by atoms with Gasteiger partial charge < -0.3 is 10.1 Å². The van der Waals surface area contributed by atoms with Crippen molar-refractivity contribution in [1.29, 1.82) is 0 Å². The summed E-state index contributed by atoms with van der Waals surface area (Å²) in [7, 11) is 0. The Morgan fingerprint density at radius 1 is 1.42 bits per heavy atom. The molecule has 0 atom stereocenters. The van der Waals surface area contributed by atoms with Crippen molar-refractivity contribution in [3.05, 3.63) is 34.1 Å². The molecule has 0 saturated heterocycles. The third-order valence-corrected chi connectivity index (χ3v) is 2.82. The molecule has 1 rings (SSSR count). The molecule has 19 heavy (non-hydrogen) atoms. The van der Waals surface area contributed by atoms with Gasteiger partial charge in [0.25, 0.3) is 5.91 Å². The number of benzene rings is 1. The molecule has 1 N–H and O–H groups in total. The maximum atomic E-state index is 13.5. The second-order valence-corrected chi connectivity index (χ2v) is 4.70. The number of amides is 1. The monoisotopic (exact) mass is 331 g/mol. The van der Waals surface area contributed by atoms with Gasteiger partial charge in [0.1, 0.15) is 5.82 Å². The van der Waals surface area contributed by atoms with Crippen LogP contribution in [0.2, 0.25) is 0 Å². The van der Waals surface area contributed by atoms with Crippen molar-refractivity contribution in [2.24, 2.45) is 0 Å². The van der Waals surface area contributed by atoms with Crippen LogP contribution in [-0.2, 0) is 9.53 Å². The molecular weight excluding hydrogens is 317 g/mol. The Hall–Kier alpha value is -1.43. The van der Waals surface area contributed by atoms with Crippen molar-refractivity contribution in [3.63, 3.8) is 0 Å². The van der Waals surface area contributed by atoms with E-state index in [4.69, 9.17) is 4.74 Å². The molecule has 104 valence electrons. The Balaban J connectivity index is 2.37. The van der Waals surface area contributed by atoms with Crippen molar-refractivity contribution < 1.29 is 18.7 Å². The topological polar surface area (TPSA) is 55.4 Å². The minimum Gasteiger partial charge on any atom is -0.466 e. The van der Waals surface area contributed by atoms with Crippen molar-refractivity contribution in [2.45, 2.75) is 19.8 Å². The quantitative estimate of drug-likeness (QED) is 0.644. The third kappa shape index (κ3) is 5.38. The Morgan fingerprint density at radius 2 is 2.16 bits per heavy atom. The van der Waals surface area contributed by atoms with Crippen LogP contribution in [0.5, 0.6) is 0 Å². The highest BCUT2D eigenvalue weighted by Gasteiger charge is 2.11. The molecule has 0 radical (unpaired) electrons. The van der Waals surface area contributed by atoms with Gasteiger partial charge in [-0.1, -0.05) is 15.9 Å². The highest BCUT2D eigenvalue weighted by molar-refractivity contribution is 9.10. The lowest BCUT2D eigenvalue weighted by atomic mass is 10.2. The number of halogens is 2. The number of carbonyl (C=O) groups excluding carboxylic acids is 2. The fraction of sp³-hybridized carbons (Fsp3) is 0.385. The average molecular weight is 332 g/mol. The minimum atomic E-state index is -0.586. The van der Waals surface area contributed by atoms with Crippen LogP contribution < -0.4 is 5.32 Å². The predicted octanol–water partition coefficient (Wildman–Crippen LogP) is 2.66. The number of carbonyl (C=O) groups is 2. The van der Waals surface area contributed by atoms with Gasteiger partial charge in [-0.25, -0.2) is 4.39 Å². The zero-order valence-corrected chi connectivity index (χ0v) is 12.1. The molecule has 1 aromatic rings. The van der Waals surface area contributed by atoms with E-state index >= 15 is 0 Å². The van der Waals surface area contributed by atoms with Crippen molar-refractivity contribution >= 4 is 27.8 Å². The van der Waals surface area contributed by atoms with E-state index in [1.54, 1.807) is 13.0 Å². The van der Waals surface area contributed by atoms with Gasteiger partial charge in [0.2, 0.25) is 0 Å². The number of esters is 1. The largest absolute Gasteiger partial charge is 0.466 e. The highest BCUT2D eigenvalue weighted by atomic mass is 79.9. The van der Waals surface area contributed by atoms with Crippen LogP contribution in [0.15, 0.2) is 22.7 Å². The first-order valence-corrected chi connectivity index (χ1v) is 6.72. The molecule has 0 aromatic heterocycles. The molecule has 0 bridgehead atoms. The second-order valence-electron chi connectivity index (χ2n) is 3.79. The maximum Gasteiger partial charge on any atom is 0.305 e. The third-order valence-electron chi connectivity index (χ3n) is 2.32.